The first-order valence-electron chi connectivity index (χ1n) is 9.80. The van der Waals surface area contributed by atoms with Gasteiger partial charge in [-0.25, -0.2) is 15.0 Å². The third-order valence-electron chi connectivity index (χ3n) is 5.07. The molecule has 0 spiro atoms. The van der Waals surface area contributed by atoms with Crippen LogP contribution in [0, 0.1) is 17.0 Å². The maximum atomic E-state index is 11.9. The van der Waals surface area contributed by atoms with E-state index in [0.29, 0.717) is 24.7 Å². The molecule has 9 heteroatoms. The molecule has 1 fully saturated rings. The normalized spacial score (nSPS) is 14.5. The van der Waals surface area contributed by atoms with E-state index in [9.17, 15) is 10.1 Å². The summed E-state index contributed by atoms with van der Waals surface area (Å²) >= 11 is 0. The Balaban J connectivity index is 1.51. The number of nitrogens with one attached hydrogen (secondary N) is 1. The molecular formula is C21H23N7O2. The van der Waals surface area contributed by atoms with Gasteiger partial charge in [0.2, 0.25) is 11.6 Å². The van der Waals surface area contributed by atoms with Gasteiger partial charge in [0, 0.05) is 38.9 Å². The molecule has 1 saturated heterocycles. The molecule has 3 aromatic rings. The Morgan fingerprint density at radius 3 is 2.53 bits per heavy atom. The van der Waals surface area contributed by atoms with Crippen LogP contribution in [-0.2, 0) is 6.54 Å². The number of aromatic nitrogens is 3. The molecule has 1 aliphatic heterocycles. The number of nitrogens with zero attached hydrogens (tertiary/aromatic N) is 6. The van der Waals surface area contributed by atoms with Crippen LogP contribution in [0.5, 0.6) is 0 Å². The van der Waals surface area contributed by atoms with Crippen LogP contribution < -0.4 is 10.2 Å². The standard InChI is InChI=1S/C21H23N7O2/c1-16-7-8-22-18(13-16)25-20-19(28(29)30)21(24-15-23-20)27-11-9-26(10-12-27)14-17-5-3-2-4-6-17/h2-8,13,15H,9-12,14H2,1H3,(H,22,23,24,25). The third kappa shape index (κ3) is 4.52. The third-order valence-corrected chi connectivity index (χ3v) is 5.07. The van der Waals surface area contributed by atoms with Gasteiger partial charge in [0.15, 0.2) is 0 Å². The van der Waals surface area contributed by atoms with E-state index in [0.717, 1.165) is 25.2 Å². The van der Waals surface area contributed by atoms with Crippen molar-refractivity contribution in [2.75, 3.05) is 36.4 Å². The fourth-order valence-corrected chi connectivity index (χ4v) is 3.55. The highest BCUT2D eigenvalue weighted by atomic mass is 16.6. The number of piperazine rings is 1. The molecule has 1 N–H and O–H groups in total. The first-order valence-corrected chi connectivity index (χ1v) is 9.80. The van der Waals surface area contributed by atoms with Gasteiger partial charge in [0.05, 0.1) is 4.92 Å². The van der Waals surface area contributed by atoms with E-state index < -0.39 is 4.92 Å². The number of aryl methyl sites for hydroxylation is 1. The quantitative estimate of drug-likeness (QED) is 0.493. The van der Waals surface area contributed by atoms with Crippen LogP contribution in [0.3, 0.4) is 0 Å². The lowest BCUT2D eigenvalue weighted by Gasteiger charge is -2.35. The van der Waals surface area contributed by atoms with Gasteiger partial charge in [-0.1, -0.05) is 30.3 Å². The molecule has 0 atom stereocenters. The summed E-state index contributed by atoms with van der Waals surface area (Å²) in [6, 6.07) is 14.0. The summed E-state index contributed by atoms with van der Waals surface area (Å²) in [5.74, 6) is 0.995. The number of anilines is 3. The largest absolute Gasteiger partial charge is 0.353 e. The average Bonchev–Trinajstić information content (AvgIpc) is 2.75. The molecule has 0 amide bonds. The molecule has 9 nitrogen and oxygen atoms in total. The van der Waals surface area contributed by atoms with Gasteiger partial charge < -0.3 is 10.2 Å². The zero-order chi connectivity index (χ0) is 20.9. The van der Waals surface area contributed by atoms with E-state index in [-0.39, 0.29) is 11.5 Å². The van der Waals surface area contributed by atoms with E-state index in [2.05, 4.69) is 37.3 Å². The summed E-state index contributed by atoms with van der Waals surface area (Å²) in [4.78, 5) is 28.3. The van der Waals surface area contributed by atoms with Crippen molar-refractivity contribution < 1.29 is 4.92 Å². The number of hydrogen-bond donors (Lipinski definition) is 1. The molecule has 0 aliphatic carbocycles. The van der Waals surface area contributed by atoms with Crippen LogP contribution in [0.4, 0.5) is 23.1 Å². The van der Waals surface area contributed by atoms with Gasteiger partial charge in [-0.05, 0) is 30.2 Å². The smallest absolute Gasteiger partial charge is 0.348 e. The van der Waals surface area contributed by atoms with Crippen molar-refractivity contribution in [3.63, 3.8) is 0 Å². The molecule has 30 heavy (non-hydrogen) atoms. The van der Waals surface area contributed by atoms with Crippen molar-refractivity contribution in [3.05, 3.63) is 76.2 Å². The zero-order valence-electron chi connectivity index (χ0n) is 16.7. The monoisotopic (exact) mass is 405 g/mol. The van der Waals surface area contributed by atoms with Gasteiger partial charge in [-0.2, -0.15) is 0 Å². The Kier molecular flexibility index (Phi) is 5.80. The number of rotatable bonds is 6. The lowest BCUT2D eigenvalue weighted by Crippen LogP contribution is -2.46. The van der Waals surface area contributed by atoms with Crippen LogP contribution in [0.2, 0.25) is 0 Å². The van der Waals surface area contributed by atoms with Crippen molar-refractivity contribution in [3.8, 4) is 0 Å². The number of benzene rings is 1. The summed E-state index contributed by atoms with van der Waals surface area (Å²) in [7, 11) is 0. The van der Waals surface area contributed by atoms with Crippen molar-refractivity contribution in [2.45, 2.75) is 13.5 Å². The van der Waals surface area contributed by atoms with Gasteiger partial charge in [0.25, 0.3) is 0 Å². The highest BCUT2D eigenvalue weighted by Gasteiger charge is 2.29. The summed E-state index contributed by atoms with van der Waals surface area (Å²) in [6.45, 7) is 5.73. The SMILES string of the molecule is Cc1ccnc(Nc2ncnc(N3CCN(Cc4ccccc4)CC3)c2[N+](=O)[O-])c1. The van der Waals surface area contributed by atoms with E-state index >= 15 is 0 Å². The molecular weight excluding hydrogens is 382 g/mol. The molecule has 3 heterocycles. The zero-order valence-corrected chi connectivity index (χ0v) is 16.7. The second-order valence-electron chi connectivity index (χ2n) is 7.24. The molecule has 4 rings (SSSR count). The molecule has 0 bridgehead atoms. The van der Waals surface area contributed by atoms with Crippen LogP contribution in [0.1, 0.15) is 11.1 Å². The van der Waals surface area contributed by atoms with E-state index in [1.54, 1.807) is 6.20 Å². The first kappa shape index (κ1) is 19.7. The van der Waals surface area contributed by atoms with Crippen LogP contribution >= 0.6 is 0 Å². The highest BCUT2D eigenvalue weighted by molar-refractivity contribution is 5.73. The van der Waals surface area contributed by atoms with E-state index in [1.165, 1.54) is 11.9 Å². The lowest BCUT2D eigenvalue weighted by atomic mass is 10.2. The van der Waals surface area contributed by atoms with E-state index in [1.807, 2.05) is 42.2 Å². The molecule has 1 aliphatic rings. The summed E-state index contributed by atoms with van der Waals surface area (Å²) in [5.41, 5.74) is 2.13. The minimum atomic E-state index is -0.427. The minimum absolute atomic E-state index is 0.127. The van der Waals surface area contributed by atoms with Crippen molar-refractivity contribution in [2.24, 2.45) is 0 Å². The predicted octanol–water partition coefficient (Wildman–Crippen LogP) is 3.15. The Morgan fingerprint density at radius 1 is 1.07 bits per heavy atom. The Bertz CT molecular complexity index is 1020. The molecule has 2 aromatic heterocycles. The van der Waals surface area contributed by atoms with Gasteiger partial charge >= 0.3 is 5.69 Å². The predicted molar refractivity (Wildman–Crippen MR) is 115 cm³/mol. The van der Waals surface area contributed by atoms with E-state index in [4.69, 9.17) is 0 Å². The topological polar surface area (TPSA) is 100 Å². The fourth-order valence-electron chi connectivity index (χ4n) is 3.55. The maximum Gasteiger partial charge on any atom is 0.353 e. The molecule has 154 valence electrons. The van der Waals surface area contributed by atoms with Gasteiger partial charge in [0.1, 0.15) is 12.1 Å². The molecule has 1 aromatic carbocycles. The Morgan fingerprint density at radius 2 is 1.83 bits per heavy atom. The number of hydrogen-bond acceptors (Lipinski definition) is 8. The summed E-state index contributed by atoms with van der Waals surface area (Å²) < 4.78 is 0. The van der Waals surface area contributed by atoms with Crippen LogP contribution in [0.15, 0.2) is 55.0 Å². The highest BCUT2D eigenvalue weighted by Crippen LogP contribution is 2.33. The number of nitro groups is 1. The molecule has 0 saturated carbocycles. The Hall–Kier alpha value is -3.59. The van der Waals surface area contributed by atoms with Gasteiger partial charge in [-0.15, -0.1) is 0 Å². The second-order valence-corrected chi connectivity index (χ2v) is 7.24. The van der Waals surface area contributed by atoms with Crippen molar-refractivity contribution in [1.29, 1.82) is 0 Å². The summed E-state index contributed by atoms with van der Waals surface area (Å²) in [6.07, 6.45) is 3.01. The van der Waals surface area contributed by atoms with Gasteiger partial charge in [-0.3, -0.25) is 15.0 Å². The second kappa shape index (κ2) is 8.83. The lowest BCUT2D eigenvalue weighted by molar-refractivity contribution is -0.383. The number of pyridine rings is 1. The average molecular weight is 405 g/mol. The minimum Gasteiger partial charge on any atom is -0.348 e. The summed E-state index contributed by atoms with van der Waals surface area (Å²) in [5, 5.41) is 14.9. The first-order chi connectivity index (χ1) is 14.6. The van der Waals surface area contributed by atoms with Crippen molar-refractivity contribution >= 4 is 23.1 Å². The maximum absolute atomic E-state index is 11.9. The fraction of sp³-hybridized carbons (Fsp3) is 0.286. The van der Waals surface area contributed by atoms with Crippen LogP contribution in [-0.4, -0.2) is 51.0 Å². The Labute approximate surface area is 174 Å². The van der Waals surface area contributed by atoms with Crippen molar-refractivity contribution in [1.82, 2.24) is 19.9 Å². The van der Waals surface area contributed by atoms with Crippen LogP contribution in [0.25, 0.3) is 0 Å². The molecule has 0 unspecified atom stereocenters. The molecule has 0 radical (unpaired) electrons.